The zero-order valence-electron chi connectivity index (χ0n) is 9.29. The molecule has 3 rings (SSSR count). The molecule has 6 nitrogen and oxygen atoms in total. The molecule has 2 aromatic rings. The first-order valence-electron chi connectivity index (χ1n) is 5.36. The van der Waals surface area contributed by atoms with Crippen molar-refractivity contribution in [3.05, 3.63) is 53.3 Å². The summed E-state index contributed by atoms with van der Waals surface area (Å²) in [7, 11) is 0. The predicted octanol–water partition coefficient (Wildman–Crippen LogP) is 1.14. The number of amides is 2. The van der Waals surface area contributed by atoms with E-state index in [0.717, 1.165) is 5.06 Å². The van der Waals surface area contributed by atoms with E-state index in [-0.39, 0.29) is 6.61 Å². The number of nitrogens with zero attached hydrogens (tertiary/aromatic N) is 2. The van der Waals surface area contributed by atoms with E-state index < -0.39 is 11.8 Å². The summed E-state index contributed by atoms with van der Waals surface area (Å²) in [5, 5.41) is 7.22. The van der Waals surface area contributed by atoms with Crippen molar-refractivity contribution in [2.24, 2.45) is 0 Å². The molecule has 0 fully saturated rings. The van der Waals surface area contributed by atoms with Gasteiger partial charge in [0.2, 0.25) is 0 Å². The molecule has 0 spiro atoms. The fourth-order valence-corrected chi connectivity index (χ4v) is 1.78. The number of hydrogen-bond donors (Lipinski definition) is 1. The summed E-state index contributed by atoms with van der Waals surface area (Å²) in [5.74, 6) is -0.870. The average molecular weight is 243 g/mol. The van der Waals surface area contributed by atoms with Gasteiger partial charge in [-0.25, -0.2) is 0 Å². The number of H-pyrrole nitrogens is 1. The zero-order valence-corrected chi connectivity index (χ0v) is 9.29. The Labute approximate surface area is 102 Å². The van der Waals surface area contributed by atoms with E-state index >= 15 is 0 Å². The van der Waals surface area contributed by atoms with E-state index in [4.69, 9.17) is 4.84 Å². The first-order valence-corrected chi connectivity index (χ1v) is 5.36. The second kappa shape index (κ2) is 4.08. The molecule has 0 atom stereocenters. The van der Waals surface area contributed by atoms with Crippen LogP contribution < -0.4 is 0 Å². The molecule has 0 bridgehead atoms. The number of carbonyl (C=O) groups is 2. The first-order chi connectivity index (χ1) is 8.77. The van der Waals surface area contributed by atoms with Crippen molar-refractivity contribution in [1.82, 2.24) is 15.3 Å². The molecular weight excluding hydrogens is 234 g/mol. The summed E-state index contributed by atoms with van der Waals surface area (Å²) in [6.45, 7) is 0.0888. The maximum atomic E-state index is 11.9. The van der Waals surface area contributed by atoms with Crippen molar-refractivity contribution in [2.75, 3.05) is 0 Å². The lowest BCUT2D eigenvalue weighted by Gasteiger charge is -2.12. The van der Waals surface area contributed by atoms with Crippen LogP contribution in [0.3, 0.4) is 0 Å². The highest BCUT2D eigenvalue weighted by Crippen LogP contribution is 2.22. The van der Waals surface area contributed by atoms with E-state index in [1.165, 1.54) is 0 Å². The molecule has 0 saturated heterocycles. The number of nitrogens with one attached hydrogen (secondary N) is 1. The van der Waals surface area contributed by atoms with Gasteiger partial charge in [0, 0.05) is 6.20 Å². The van der Waals surface area contributed by atoms with Gasteiger partial charge in [0.05, 0.1) is 16.8 Å². The van der Waals surface area contributed by atoms with Crippen molar-refractivity contribution in [2.45, 2.75) is 6.61 Å². The van der Waals surface area contributed by atoms with Crippen LogP contribution in [-0.2, 0) is 11.4 Å². The standard InChI is InChI=1S/C12H9N3O3/c16-11-9-3-1-2-4-10(9)12(17)15(11)18-7-8-5-6-13-14-8/h1-6H,7H2,(H,13,14). The fraction of sp³-hybridized carbons (Fsp3) is 0.0833. The van der Waals surface area contributed by atoms with Crippen LogP contribution in [0.4, 0.5) is 0 Å². The predicted molar refractivity (Wildman–Crippen MR) is 60.3 cm³/mol. The van der Waals surface area contributed by atoms with Gasteiger partial charge < -0.3 is 0 Å². The van der Waals surface area contributed by atoms with Crippen LogP contribution in [0, 0.1) is 0 Å². The van der Waals surface area contributed by atoms with Crippen molar-refractivity contribution < 1.29 is 14.4 Å². The highest BCUT2D eigenvalue weighted by atomic mass is 16.7. The maximum Gasteiger partial charge on any atom is 0.285 e. The van der Waals surface area contributed by atoms with Crippen molar-refractivity contribution in [3.63, 3.8) is 0 Å². The van der Waals surface area contributed by atoms with Gasteiger partial charge in [0.25, 0.3) is 11.8 Å². The third-order valence-electron chi connectivity index (χ3n) is 2.66. The van der Waals surface area contributed by atoms with Crippen LogP contribution in [0.15, 0.2) is 36.5 Å². The van der Waals surface area contributed by atoms with Gasteiger partial charge in [0.15, 0.2) is 0 Å². The van der Waals surface area contributed by atoms with Crippen LogP contribution in [0.2, 0.25) is 0 Å². The Bertz CT molecular complexity index is 572. The monoisotopic (exact) mass is 243 g/mol. The molecule has 90 valence electrons. The number of aromatic amines is 1. The maximum absolute atomic E-state index is 11.9. The van der Waals surface area contributed by atoms with Gasteiger partial charge in [0.1, 0.15) is 6.61 Å². The molecule has 0 unspecified atom stereocenters. The van der Waals surface area contributed by atoms with Gasteiger partial charge in [-0.05, 0) is 18.2 Å². The van der Waals surface area contributed by atoms with Crippen LogP contribution in [0.25, 0.3) is 0 Å². The zero-order chi connectivity index (χ0) is 12.5. The van der Waals surface area contributed by atoms with Crippen LogP contribution in [0.5, 0.6) is 0 Å². The molecule has 1 aliphatic heterocycles. The number of aromatic nitrogens is 2. The van der Waals surface area contributed by atoms with Gasteiger partial charge in [-0.3, -0.25) is 19.5 Å². The second-order valence-electron chi connectivity index (χ2n) is 3.81. The molecule has 1 N–H and O–H groups in total. The summed E-state index contributed by atoms with van der Waals surface area (Å²) in [5.41, 5.74) is 1.42. The Balaban J connectivity index is 1.80. The lowest BCUT2D eigenvalue weighted by Crippen LogP contribution is -2.29. The molecule has 6 heteroatoms. The summed E-state index contributed by atoms with van der Waals surface area (Å²) < 4.78 is 0. The minimum absolute atomic E-state index is 0.0888. The quantitative estimate of drug-likeness (QED) is 0.820. The molecular formula is C12H9N3O3. The van der Waals surface area contributed by atoms with Crippen molar-refractivity contribution in [3.8, 4) is 0 Å². The summed E-state index contributed by atoms with van der Waals surface area (Å²) in [4.78, 5) is 29.1. The lowest BCUT2D eigenvalue weighted by atomic mass is 10.1. The molecule has 2 heterocycles. The molecule has 1 aliphatic rings. The Hall–Kier alpha value is -2.47. The first kappa shape index (κ1) is 10.7. The van der Waals surface area contributed by atoms with E-state index in [0.29, 0.717) is 16.8 Å². The highest BCUT2D eigenvalue weighted by Gasteiger charge is 2.36. The van der Waals surface area contributed by atoms with E-state index in [2.05, 4.69) is 10.2 Å². The van der Waals surface area contributed by atoms with Gasteiger partial charge in [-0.15, -0.1) is 5.06 Å². The molecule has 2 amide bonds. The number of carbonyl (C=O) groups excluding carboxylic acids is 2. The minimum Gasteiger partial charge on any atom is -0.280 e. The van der Waals surface area contributed by atoms with Gasteiger partial charge in [-0.1, -0.05) is 12.1 Å². The number of fused-ring (bicyclic) bond motifs is 1. The minimum atomic E-state index is -0.435. The van der Waals surface area contributed by atoms with Crippen molar-refractivity contribution in [1.29, 1.82) is 0 Å². The van der Waals surface area contributed by atoms with Crippen LogP contribution >= 0.6 is 0 Å². The number of hydrogen-bond acceptors (Lipinski definition) is 4. The molecule has 18 heavy (non-hydrogen) atoms. The van der Waals surface area contributed by atoms with Crippen LogP contribution in [0.1, 0.15) is 26.4 Å². The third kappa shape index (κ3) is 1.59. The number of hydroxylamine groups is 2. The van der Waals surface area contributed by atoms with Gasteiger partial charge in [-0.2, -0.15) is 5.10 Å². The molecule has 0 radical (unpaired) electrons. The summed E-state index contributed by atoms with van der Waals surface area (Å²) in [6, 6.07) is 8.34. The number of imide groups is 1. The van der Waals surface area contributed by atoms with E-state index in [1.54, 1.807) is 36.5 Å². The molecule has 0 saturated carbocycles. The molecule has 0 aliphatic carbocycles. The molecule has 1 aromatic carbocycles. The van der Waals surface area contributed by atoms with Crippen LogP contribution in [-0.4, -0.2) is 27.1 Å². The Morgan fingerprint density at radius 3 is 2.33 bits per heavy atom. The molecule has 1 aromatic heterocycles. The normalized spacial score (nSPS) is 14.1. The summed E-state index contributed by atoms with van der Waals surface area (Å²) in [6.07, 6.45) is 1.57. The Morgan fingerprint density at radius 1 is 1.11 bits per heavy atom. The van der Waals surface area contributed by atoms with E-state index in [1.807, 2.05) is 0 Å². The number of rotatable bonds is 3. The number of benzene rings is 1. The van der Waals surface area contributed by atoms with Crippen molar-refractivity contribution >= 4 is 11.8 Å². The third-order valence-corrected chi connectivity index (χ3v) is 2.66. The largest absolute Gasteiger partial charge is 0.285 e. The average Bonchev–Trinajstić information content (AvgIpc) is 2.98. The van der Waals surface area contributed by atoms with Gasteiger partial charge >= 0.3 is 0 Å². The SMILES string of the molecule is O=C1c2ccccc2C(=O)N1OCc1ccn[nH]1. The smallest absolute Gasteiger partial charge is 0.280 e. The lowest BCUT2D eigenvalue weighted by molar-refractivity contribution is -0.102. The second-order valence-corrected chi connectivity index (χ2v) is 3.81. The summed E-state index contributed by atoms with van der Waals surface area (Å²) >= 11 is 0. The highest BCUT2D eigenvalue weighted by molar-refractivity contribution is 6.20. The van der Waals surface area contributed by atoms with E-state index in [9.17, 15) is 9.59 Å². The topological polar surface area (TPSA) is 75.3 Å². The Kier molecular flexibility index (Phi) is 2.42. The fourth-order valence-electron chi connectivity index (χ4n) is 1.78. The Morgan fingerprint density at radius 2 is 1.78 bits per heavy atom.